The normalized spacial score (nSPS) is 15.2. The molecule has 0 saturated heterocycles. The molecule has 0 aliphatic carbocycles. The molecule has 0 aromatic carbocycles. The summed E-state index contributed by atoms with van der Waals surface area (Å²) in [7, 11) is 2.08. The standard InChI is InChI=1S/C12H17N3S2/c1-3-4-8-16-12-11(13-17-14-12)10-6-5-7-15(2)9-10/h5-7H,3-4,8-9H2,1-2H3. The van der Waals surface area contributed by atoms with E-state index >= 15 is 0 Å². The maximum atomic E-state index is 4.43. The highest BCUT2D eigenvalue weighted by atomic mass is 32.2. The lowest BCUT2D eigenvalue weighted by Crippen LogP contribution is -2.16. The zero-order chi connectivity index (χ0) is 12.1. The Morgan fingerprint density at radius 3 is 3.12 bits per heavy atom. The quantitative estimate of drug-likeness (QED) is 0.605. The third kappa shape index (κ3) is 3.33. The lowest BCUT2D eigenvalue weighted by atomic mass is 10.1. The van der Waals surface area contributed by atoms with Gasteiger partial charge in [-0.2, -0.15) is 8.75 Å². The Morgan fingerprint density at radius 2 is 2.35 bits per heavy atom. The highest BCUT2D eigenvalue weighted by Crippen LogP contribution is 2.28. The number of rotatable bonds is 5. The molecule has 0 atom stereocenters. The van der Waals surface area contributed by atoms with E-state index in [0.29, 0.717) is 0 Å². The Morgan fingerprint density at radius 1 is 1.47 bits per heavy atom. The predicted octanol–water partition coefficient (Wildman–Crippen LogP) is 3.27. The number of hydrogen-bond acceptors (Lipinski definition) is 5. The van der Waals surface area contributed by atoms with E-state index in [0.717, 1.165) is 23.0 Å². The van der Waals surface area contributed by atoms with Crippen molar-refractivity contribution in [2.75, 3.05) is 19.3 Å². The summed E-state index contributed by atoms with van der Waals surface area (Å²) in [6.07, 6.45) is 8.75. The van der Waals surface area contributed by atoms with Crippen LogP contribution in [0.5, 0.6) is 0 Å². The minimum Gasteiger partial charge on any atom is -0.376 e. The van der Waals surface area contributed by atoms with Crippen molar-refractivity contribution in [3.05, 3.63) is 24.0 Å². The van der Waals surface area contributed by atoms with Gasteiger partial charge in [-0.15, -0.1) is 11.8 Å². The van der Waals surface area contributed by atoms with Gasteiger partial charge in [-0.05, 0) is 24.4 Å². The molecule has 5 heteroatoms. The van der Waals surface area contributed by atoms with E-state index in [1.807, 2.05) is 11.8 Å². The zero-order valence-electron chi connectivity index (χ0n) is 10.2. The first kappa shape index (κ1) is 12.6. The van der Waals surface area contributed by atoms with Crippen LogP contribution in [0.1, 0.15) is 25.5 Å². The van der Waals surface area contributed by atoms with Crippen molar-refractivity contribution in [3.8, 4) is 0 Å². The van der Waals surface area contributed by atoms with Crippen LogP contribution >= 0.6 is 23.5 Å². The number of likely N-dealkylation sites (N-methyl/N-ethyl adjacent to an activating group) is 1. The third-order valence-corrected chi connectivity index (χ3v) is 4.25. The van der Waals surface area contributed by atoms with Crippen molar-refractivity contribution in [2.24, 2.45) is 0 Å². The van der Waals surface area contributed by atoms with Gasteiger partial charge in [0.2, 0.25) is 0 Å². The average Bonchev–Trinajstić information content (AvgIpc) is 2.78. The molecule has 0 amide bonds. The van der Waals surface area contributed by atoms with Gasteiger partial charge in [-0.3, -0.25) is 0 Å². The van der Waals surface area contributed by atoms with Gasteiger partial charge in [0.05, 0.1) is 11.7 Å². The molecule has 2 rings (SSSR count). The molecule has 0 bridgehead atoms. The lowest BCUT2D eigenvalue weighted by Gasteiger charge is -2.18. The molecule has 3 nitrogen and oxygen atoms in total. The number of thioether (sulfide) groups is 1. The van der Waals surface area contributed by atoms with Gasteiger partial charge >= 0.3 is 0 Å². The van der Waals surface area contributed by atoms with Crippen LogP contribution in [-0.4, -0.2) is 33.0 Å². The monoisotopic (exact) mass is 267 g/mol. The van der Waals surface area contributed by atoms with Crippen LogP contribution in [0.4, 0.5) is 0 Å². The molecule has 1 aliphatic heterocycles. The molecule has 1 aromatic rings. The number of hydrogen-bond donors (Lipinski definition) is 0. The summed E-state index contributed by atoms with van der Waals surface area (Å²) in [6.45, 7) is 3.13. The highest BCUT2D eigenvalue weighted by molar-refractivity contribution is 7.99. The Hall–Kier alpha value is -0.810. The van der Waals surface area contributed by atoms with E-state index in [-0.39, 0.29) is 0 Å². The molecule has 0 unspecified atom stereocenters. The fourth-order valence-corrected chi connectivity index (χ4v) is 3.41. The van der Waals surface area contributed by atoms with Gasteiger partial charge in [0.25, 0.3) is 0 Å². The summed E-state index contributed by atoms with van der Waals surface area (Å²) in [5.41, 5.74) is 2.34. The van der Waals surface area contributed by atoms with E-state index in [1.165, 1.54) is 30.1 Å². The smallest absolute Gasteiger partial charge is 0.138 e. The summed E-state index contributed by atoms with van der Waals surface area (Å²) < 4.78 is 8.83. The fourth-order valence-electron chi connectivity index (χ4n) is 1.62. The van der Waals surface area contributed by atoms with Crippen LogP contribution < -0.4 is 0 Å². The highest BCUT2D eigenvalue weighted by Gasteiger charge is 2.15. The molecule has 0 N–H and O–H groups in total. The topological polar surface area (TPSA) is 29.0 Å². The van der Waals surface area contributed by atoms with Crippen LogP contribution in [0.3, 0.4) is 0 Å². The lowest BCUT2D eigenvalue weighted by molar-refractivity contribution is 0.512. The van der Waals surface area contributed by atoms with Gasteiger partial charge in [0, 0.05) is 19.2 Å². The molecular weight excluding hydrogens is 250 g/mol. The summed E-state index contributed by atoms with van der Waals surface area (Å²) >= 11 is 3.14. The van der Waals surface area contributed by atoms with Gasteiger partial charge in [-0.25, -0.2) is 0 Å². The van der Waals surface area contributed by atoms with Crippen molar-refractivity contribution < 1.29 is 0 Å². The van der Waals surface area contributed by atoms with Crippen molar-refractivity contribution >= 4 is 29.1 Å². The third-order valence-electron chi connectivity index (χ3n) is 2.56. The Kier molecular flexibility index (Phi) is 4.62. The van der Waals surface area contributed by atoms with E-state index < -0.39 is 0 Å². The van der Waals surface area contributed by atoms with Gasteiger partial charge in [-0.1, -0.05) is 19.4 Å². The Bertz CT molecular complexity index is 423. The summed E-state index contributed by atoms with van der Waals surface area (Å²) in [6, 6.07) is 0. The van der Waals surface area contributed by atoms with Crippen LogP contribution in [0, 0.1) is 0 Å². The van der Waals surface area contributed by atoms with Crippen molar-refractivity contribution in [3.63, 3.8) is 0 Å². The fraction of sp³-hybridized carbons (Fsp3) is 0.500. The van der Waals surface area contributed by atoms with Crippen molar-refractivity contribution in [1.82, 2.24) is 13.6 Å². The van der Waals surface area contributed by atoms with Gasteiger partial charge in [0.15, 0.2) is 0 Å². The van der Waals surface area contributed by atoms with Gasteiger partial charge < -0.3 is 4.90 Å². The molecule has 1 aromatic heterocycles. The number of unbranched alkanes of at least 4 members (excludes halogenated alkanes) is 1. The molecule has 0 saturated carbocycles. The van der Waals surface area contributed by atoms with E-state index in [2.05, 4.69) is 46.0 Å². The molecule has 17 heavy (non-hydrogen) atoms. The zero-order valence-corrected chi connectivity index (χ0v) is 11.9. The molecule has 0 radical (unpaired) electrons. The summed E-state index contributed by atoms with van der Waals surface area (Å²) in [4.78, 5) is 2.16. The maximum Gasteiger partial charge on any atom is 0.138 e. The van der Waals surface area contributed by atoms with Crippen LogP contribution in [-0.2, 0) is 0 Å². The summed E-state index contributed by atoms with van der Waals surface area (Å²) in [5, 5.41) is 1.10. The maximum absolute atomic E-state index is 4.43. The molecule has 0 spiro atoms. The number of nitrogens with zero attached hydrogens (tertiary/aromatic N) is 3. The first-order valence-electron chi connectivity index (χ1n) is 5.84. The number of allylic oxidation sites excluding steroid dienone is 2. The van der Waals surface area contributed by atoms with Crippen LogP contribution in [0.15, 0.2) is 23.4 Å². The largest absolute Gasteiger partial charge is 0.376 e. The van der Waals surface area contributed by atoms with Gasteiger partial charge in [0.1, 0.15) is 10.7 Å². The molecular formula is C12H17N3S2. The molecule has 1 aliphatic rings. The SMILES string of the molecule is CCCCSc1nsnc1C1=CC=CN(C)C1. The predicted molar refractivity (Wildman–Crippen MR) is 75.3 cm³/mol. The first-order chi connectivity index (χ1) is 8.31. The average molecular weight is 267 g/mol. The second-order valence-corrected chi connectivity index (χ2v) is 5.68. The second kappa shape index (κ2) is 6.21. The summed E-state index contributed by atoms with van der Waals surface area (Å²) in [5.74, 6) is 1.13. The van der Waals surface area contributed by atoms with Crippen LogP contribution in [0.25, 0.3) is 5.57 Å². The van der Waals surface area contributed by atoms with Crippen molar-refractivity contribution in [2.45, 2.75) is 24.8 Å². The van der Waals surface area contributed by atoms with E-state index in [4.69, 9.17) is 0 Å². The first-order valence-corrected chi connectivity index (χ1v) is 7.56. The Labute approximate surface area is 111 Å². The second-order valence-electron chi connectivity index (χ2n) is 4.07. The molecule has 2 heterocycles. The van der Waals surface area contributed by atoms with Crippen LogP contribution in [0.2, 0.25) is 0 Å². The molecule has 0 fully saturated rings. The number of aromatic nitrogens is 2. The minimum atomic E-state index is 0.920. The van der Waals surface area contributed by atoms with E-state index in [9.17, 15) is 0 Å². The van der Waals surface area contributed by atoms with Crippen molar-refractivity contribution in [1.29, 1.82) is 0 Å². The minimum absolute atomic E-state index is 0.920. The Balaban J connectivity index is 2.08. The van der Waals surface area contributed by atoms with E-state index in [1.54, 1.807) is 0 Å². The molecule has 92 valence electrons.